The van der Waals surface area contributed by atoms with E-state index < -0.39 is 219 Å². The van der Waals surface area contributed by atoms with Crippen LogP contribution >= 0.6 is 0 Å². The maximum absolute atomic E-state index is 15.2. The largest absolute Gasteiger partial charge is 0.457 e. The van der Waals surface area contributed by atoms with E-state index in [-0.39, 0.29) is 56.1 Å². The van der Waals surface area contributed by atoms with Gasteiger partial charge in [0.15, 0.2) is 0 Å². The van der Waals surface area contributed by atoms with E-state index in [4.69, 9.17) is 20.9 Å². The summed E-state index contributed by atoms with van der Waals surface area (Å²) in [5.74, 6) is -11.0. The molecule has 4 aliphatic heterocycles. The number of rotatable bonds is 11. The van der Waals surface area contributed by atoms with Crippen LogP contribution in [0.2, 0.25) is 0 Å². The highest BCUT2D eigenvalue weighted by atomic mass is 19.4. The van der Waals surface area contributed by atoms with Gasteiger partial charge in [-0.2, -0.15) is 79.0 Å². The fourth-order valence-corrected chi connectivity index (χ4v) is 13.0. The quantitative estimate of drug-likeness (QED) is 0.0702. The number of nitrogen functional groups attached to an aromatic ring is 2. The van der Waals surface area contributed by atoms with Crippen molar-refractivity contribution in [3.8, 4) is 56.4 Å². The number of halogens is 18. The van der Waals surface area contributed by atoms with Gasteiger partial charge in [-0.05, 0) is 179 Å². The first-order valence-corrected chi connectivity index (χ1v) is 30.7. The average molecular weight is 1510 g/mol. The topological polar surface area (TPSA) is 220 Å². The van der Waals surface area contributed by atoms with Gasteiger partial charge in [-0.15, -0.1) is 0 Å². The molecule has 14 rings (SSSR count). The SMILES string of the molecule is Nc1ccc(-c2ccc(N3C(=O)c4ccc(Oc5ccc6c(c5)C(=O)N(c5ccc(-c7ccc(N8C(=O)c9ccc(Oc%10ccc%11c(c%10)C(=O)N(c%10ccc(-c%12ccc(N)cc%12C(F)(F)F)c(C(F)(F)F)c%10)C%11=O)cc9C8=O)cc7C(F)(F)F)c(C(F)(F)F)c5)C6=O)cc4C3=O)cc2C(F)(F)F)c(C(F)(F)F)c1. The third-order valence-corrected chi connectivity index (χ3v) is 17.7. The van der Waals surface area contributed by atoms with E-state index in [2.05, 4.69) is 0 Å². The van der Waals surface area contributed by atoms with Gasteiger partial charge in [0.1, 0.15) is 23.0 Å². The van der Waals surface area contributed by atoms with Crippen molar-refractivity contribution in [2.45, 2.75) is 37.1 Å². The van der Waals surface area contributed by atoms with Crippen molar-refractivity contribution in [3.63, 3.8) is 0 Å². The lowest BCUT2D eigenvalue weighted by atomic mass is 9.93. The second kappa shape index (κ2) is 24.7. The number of anilines is 6. The van der Waals surface area contributed by atoms with Gasteiger partial charge in [-0.1, -0.05) is 36.4 Å². The van der Waals surface area contributed by atoms with E-state index in [1.165, 1.54) is 0 Å². The Morgan fingerprint density at radius 1 is 0.204 bits per heavy atom. The van der Waals surface area contributed by atoms with Gasteiger partial charge in [0.25, 0.3) is 47.3 Å². The second-order valence-electron chi connectivity index (χ2n) is 24.3. The highest BCUT2D eigenvalue weighted by molar-refractivity contribution is 6.37. The molecule has 0 radical (unpaired) electrons. The number of hydrogen-bond donors (Lipinski definition) is 2. The Morgan fingerprint density at radius 2 is 0.370 bits per heavy atom. The van der Waals surface area contributed by atoms with E-state index in [1.807, 2.05) is 0 Å². The average Bonchev–Trinajstić information content (AvgIpc) is 1.44. The molecule has 0 fully saturated rings. The highest BCUT2D eigenvalue weighted by Crippen LogP contribution is 2.51. The van der Waals surface area contributed by atoms with Crippen molar-refractivity contribution < 1.29 is 127 Å². The van der Waals surface area contributed by atoms with Gasteiger partial charge in [0.05, 0.1) is 101 Å². The minimum absolute atomic E-state index is 0.206. The number of fused-ring (bicyclic) bond motifs is 4. The highest BCUT2D eigenvalue weighted by Gasteiger charge is 2.48. The van der Waals surface area contributed by atoms with Crippen molar-refractivity contribution in [1.82, 2.24) is 0 Å². The first-order valence-electron chi connectivity index (χ1n) is 30.7. The van der Waals surface area contributed by atoms with Crippen LogP contribution in [0.4, 0.5) is 113 Å². The maximum Gasteiger partial charge on any atom is 0.417 e. The summed E-state index contributed by atoms with van der Waals surface area (Å²) in [6, 6.07) is 22.8. The Morgan fingerprint density at radius 3 is 0.565 bits per heavy atom. The summed E-state index contributed by atoms with van der Waals surface area (Å²) in [5.41, 5.74) is -12.6. The molecule has 4 aliphatic rings. The molecule has 0 atom stereocenters. The summed E-state index contributed by atoms with van der Waals surface area (Å²) in [5, 5.41) is 0. The zero-order valence-electron chi connectivity index (χ0n) is 53.1. The van der Waals surface area contributed by atoms with Gasteiger partial charge in [0.2, 0.25) is 0 Å². The van der Waals surface area contributed by atoms with E-state index in [0.717, 1.165) is 109 Å². The normalized spacial score (nSPS) is 14.7. The third kappa shape index (κ3) is 12.2. The molecule has 4 N–H and O–H groups in total. The van der Waals surface area contributed by atoms with Crippen LogP contribution in [0, 0.1) is 0 Å². The fourth-order valence-electron chi connectivity index (χ4n) is 13.0. The molecular weight excluding hydrogens is 1470 g/mol. The van der Waals surface area contributed by atoms with Crippen LogP contribution in [0.3, 0.4) is 0 Å². The minimum Gasteiger partial charge on any atom is -0.457 e. The molecule has 546 valence electrons. The molecule has 108 heavy (non-hydrogen) atoms. The van der Waals surface area contributed by atoms with Crippen LogP contribution in [0.25, 0.3) is 33.4 Å². The predicted molar refractivity (Wildman–Crippen MR) is 345 cm³/mol. The summed E-state index contributed by atoms with van der Waals surface area (Å²) in [4.78, 5) is 112. The summed E-state index contributed by atoms with van der Waals surface area (Å²) in [6.45, 7) is 0. The number of benzene rings is 10. The smallest absolute Gasteiger partial charge is 0.417 e. The summed E-state index contributed by atoms with van der Waals surface area (Å²) in [6.07, 6.45) is -32.2. The van der Waals surface area contributed by atoms with Crippen LogP contribution in [0.5, 0.6) is 23.0 Å². The predicted octanol–water partition coefficient (Wildman–Crippen LogP) is 18.8. The minimum atomic E-state index is -5.56. The number of nitrogens with two attached hydrogens (primary N) is 2. The Bertz CT molecular complexity index is 5360. The summed E-state index contributed by atoms with van der Waals surface area (Å²) >= 11 is 0. The van der Waals surface area contributed by atoms with Crippen molar-refractivity contribution in [1.29, 1.82) is 0 Å². The van der Waals surface area contributed by atoms with Crippen LogP contribution in [0.1, 0.15) is 116 Å². The Balaban J connectivity index is 0.683. The molecule has 10 aromatic rings. The zero-order valence-corrected chi connectivity index (χ0v) is 53.1. The molecule has 0 aromatic heterocycles. The van der Waals surface area contributed by atoms with Crippen molar-refractivity contribution in [2.24, 2.45) is 0 Å². The molecule has 10 aromatic carbocycles. The van der Waals surface area contributed by atoms with Crippen LogP contribution < -0.4 is 40.5 Å². The molecule has 8 amide bonds. The van der Waals surface area contributed by atoms with E-state index in [0.29, 0.717) is 70.5 Å². The van der Waals surface area contributed by atoms with Crippen LogP contribution in [0.15, 0.2) is 182 Å². The molecule has 4 heterocycles. The number of carbonyl (C=O) groups is 8. The molecule has 0 aliphatic carbocycles. The summed E-state index contributed by atoms with van der Waals surface area (Å²) in [7, 11) is 0. The standard InChI is InChI=1S/C74H34F18N6O10/c75-69(76,77)55-21-31(93)1-11-41(55)43-13-3-33(23-57(43)71(81,82)83)95-61(99)47-17-7-37(27-51(47)65(95)103)107-39-9-19-49-53(29-39)67(105)97(63(49)101)35-5-15-45(59(25-35)73(87,88)89)46-16-6-36(26-60(46)74(90,91)92)98-64(102)50-20-10-40(30-54(50)68(98)106)108-38-8-18-48-52(28-38)66(104)96(62(48)100)34-4-14-44(58(24-34)72(84,85)86)42-12-2-32(94)22-56(42)70(78,79)80/h1-30H,93-94H2. The lowest BCUT2D eigenvalue weighted by Crippen LogP contribution is -2.30. The number of alkyl halides is 18. The van der Waals surface area contributed by atoms with E-state index in [1.54, 1.807) is 0 Å². The Labute approximate surface area is 590 Å². The van der Waals surface area contributed by atoms with Gasteiger partial charge in [-0.3, -0.25) is 38.4 Å². The zero-order chi connectivity index (χ0) is 77.9. The van der Waals surface area contributed by atoms with Crippen molar-refractivity contribution >= 4 is 81.4 Å². The number of hydrogen-bond acceptors (Lipinski definition) is 12. The number of imide groups is 4. The lowest BCUT2D eigenvalue weighted by molar-refractivity contribution is -0.139. The second-order valence-corrected chi connectivity index (χ2v) is 24.3. The van der Waals surface area contributed by atoms with Gasteiger partial charge < -0.3 is 20.9 Å². The lowest BCUT2D eigenvalue weighted by Gasteiger charge is -2.22. The van der Waals surface area contributed by atoms with Crippen LogP contribution in [-0.4, -0.2) is 47.3 Å². The molecule has 0 unspecified atom stereocenters. The number of carbonyl (C=O) groups excluding carboxylic acids is 8. The Hall–Kier alpha value is -13.3. The van der Waals surface area contributed by atoms with Gasteiger partial charge >= 0.3 is 37.1 Å². The third-order valence-electron chi connectivity index (χ3n) is 17.7. The molecule has 0 saturated carbocycles. The number of ether oxygens (including phenoxy) is 2. The summed E-state index contributed by atoms with van der Waals surface area (Å²) < 4.78 is 275. The molecular formula is C74H34F18N6O10. The van der Waals surface area contributed by atoms with Gasteiger partial charge in [-0.25, -0.2) is 19.6 Å². The van der Waals surface area contributed by atoms with E-state index >= 15 is 26.3 Å². The van der Waals surface area contributed by atoms with Crippen molar-refractivity contribution in [3.05, 3.63) is 260 Å². The number of nitrogens with zero attached hydrogens (tertiary/aromatic N) is 4. The first kappa shape index (κ1) is 71.7. The first-order chi connectivity index (χ1) is 50.5. The fraction of sp³-hybridized carbons (Fsp3) is 0.0811. The van der Waals surface area contributed by atoms with Gasteiger partial charge in [0, 0.05) is 11.4 Å². The molecule has 16 nitrogen and oxygen atoms in total. The van der Waals surface area contributed by atoms with E-state index in [9.17, 15) is 91.0 Å². The van der Waals surface area contributed by atoms with Crippen molar-refractivity contribution in [2.75, 3.05) is 31.1 Å². The maximum atomic E-state index is 15.2. The molecule has 0 spiro atoms. The number of amides is 8. The van der Waals surface area contributed by atoms with Crippen LogP contribution in [-0.2, 0) is 37.1 Å². The molecule has 0 saturated heterocycles. The monoisotopic (exact) mass is 1510 g/mol. The molecule has 0 bridgehead atoms. The Kier molecular flexibility index (Phi) is 16.4. The molecule has 34 heteroatoms.